The highest BCUT2D eigenvalue weighted by atomic mass is 16.6. The monoisotopic (exact) mass is 418 g/mol. The average Bonchev–Trinajstić information content (AvgIpc) is 2.66. The number of nitro groups is 1. The van der Waals surface area contributed by atoms with Gasteiger partial charge in [-0.2, -0.15) is 0 Å². The van der Waals surface area contributed by atoms with Gasteiger partial charge in [0.25, 0.3) is 11.6 Å². The molecular formula is C21H26N2O7. The summed E-state index contributed by atoms with van der Waals surface area (Å²) in [5, 5.41) is 24.6. The van der Waals surface area contributed by atoms with Crippen LogP contribution in [0.15, 0.2) is 18.2 Å². The summed E-state index contributed by atoms with van der Waals surface area (Å²) in [6, 6.07) is 4.08. The lowest BCUT2D eigenvalue weighted by molar-refractivity contribution is -0.384. The first-order valence-corrected chi connectivity index (χ1v) is 10.2. The number of benzene rings is 1. The van der Waals surface area contributed by atoms with Gasteiger partial charge in [-0.1, -0.05) is 0 Å². The SMILES string of the molecule is COc1ccc(NC(=O)[C@H](C)OC(=O)C23C[C@@H]4C[C@@H](CC(O)(C4)C2)C3)c([N+](=O)[O-])c1. The molecule has 2 N–H and O–H groups in total. The smallest absolute Gasteiger partial charge is 0.312 e. The van der Waals surface area contributed by atoms with Crippen LogP contribution >= 0.6 is 0 Å². The largest absolute Gasteiger partial charge is 0.496 e. The Balaban J connectivity index is 1.44. The molecule has 2 unspecified atom stereocenters. The van der Waals surface area contributed by atoms with Crippen LogP contribution in [0.25, 0.3) is 0 Å². The molecule has 1 aromatic carbocycles. The molecule has 30 heavy (non-hydrogen) atoms. The number of ether oxygens (including phenoxy) is 2. The molecule has 5 atom stereocenters. The van der Waals surface area contributed by atoms with Crippen molar-refractivity contribution in [3.63, 3.8) is 0 Å². The van der Waals surface area contributed by atoms with Gasteiger partial charge in [-0.3, -0.25) is 19.7 Å². The minimum absolute atomic E-state index is 0.00202. The van der Waals surface area contributed by atoms with Gasteiger partial charge in [0.2, 0.25) is 0 Å². The summed E-state index contributed by atoms with van der Waals surface area (Å²) in [5.74, 6) is -0.189. The van der Waals surface area contributed by atoms with Crippen molar-refractivity contribution in [1.82, 2.24) is 0 Å². The Morgan fingerprint density at radius 3 is 2.50 bits per heavy atom. The molecule has 0 saturated heterocycles. The predicted molar refractivity (Wildman–Crippen MR) is 106 cm³/mol. The molecule has 9 nitrogen and oxygen atoms in total. The Morgan fingerprint density at radius 1 is 1.27 bits per heavy atom. The number of aliphatic hydroxyl groups is 1. The van der Waals surface area contributed by atoms with Crippen LogP contribution in [0.4, 0.5) is 11.4 Å². The molecule has 4 saturated carbocycles. The van der Waals surface area contributed by atoms with Crippen LogP contribution in [0.2, 0.25) is 0 Å². The third-order valence-electron chi connectivity index (χ3n) is 6.78. The average molecular weight is 418 g/mol. The van der Waals surface area contributed by atoms with Crippen LogP contribution in [0.5, 0.6) is 5.75 Å². The van der Waals surface area contributed by atoms with Gasteiger partial charge >= 0.3 is 5.97 Å². The van der Waals surface area contributed by atoms with E-state index in [1.54, 1.807) is 0 Å². The Bertz CT molecular complexity index is 885. The van der Waals surface area contributed by atoms with Gasteiger partial charge in [0.05, 0.1) is 29.1 Å². The number of amides is 1. The van der Waals surface area contributed by atoms with E-state index in [1.807, 2.05) is 0 Å². The lowest BCUT2D eigenvalue weighted by Crippen LogP contribution is -2.59. The van der Waals surface area contributed by atoms with E-state index in [-0.39, 0.29) is 11.4 Å². The minimum atomic E-state index is -1.12. The van der Waals surface area contributed by atoms with Crippen LogP contribution in [0.1, 0.15) is 45.4 Å². The fourth-order valence-corrected chi connectivity index (χ4v) is 5.92. The number of esters is 1. The summed E-state index contributed by atoms with van der Waals surface area (Å²) in [4.78, 5) is 36.3. The summed E-state index contributed by atoms with van der Waals surface area (Å²) in [6.07, 6.45) is 3.12. The Labute approximate surface area is 173 Å². The number of anilines is 1. The van der Waals surface area contributed by atoms with Gasteiger partial charge in [-0.05, 0) is 69.4 Å². The third kappa shape index (κ3) is 3.62. The number of nitro benzene ring substituents is 1. The number of hydrogen-bond acceptors (Lipinski definition) is 7. The molecule has 4 fully saturated rings. The van der Waals surface area contributed by atoms with Crippen LogP contribution in [-0.2, 0) is 14.3 Å². The van der Waals surface area contributed by atoms with E-state index < -0.39 is 33.9 Å². The van der Waals surface area contributed by atoms with E-state index in [9.17, 15) is 24.8 Å². The number of nitrogens with zero attached hydrogens (tertiary/aromatic N) is 1. The Hall–Kier alpha value is -2.68. The number of hydrogen-bond donors (Lipinski definition) is 2. The molecule has 4 aliphatic rings. The van der Waals surface area contributed by atoms with Crippen LogP contribution in [0, 0.1) is 27.4 Å². The van der Waals surface area contributed by atoms with Crippen molar-refractivity contribution in [3.8, 4) is 5.75 Å². The molecule has 5 rings (SSSR count). The van der Waals surface area contributed by atoms with E-state index in [0.29, 0.717) is 36.8 Å². The summed E-state index contributed by atoms with van der Waals surface area (Å²) in [5.41, 5.74) is -1.86. The molecule has 4 aliphatic carbocycles. The number of carbonyl (C=O) groups excluding carboxylic acids is 2. The topological polar surface area (TPSA) is 128 Å². The number of methoxy groups -OCH3 is 1. The lowest BCUT2D eigenvalue weighted by Gasteiger charge is -2.58. The van der Waals surface area contributed by atoms with Crippen molar-refractivity contribution in [1.29, 1.82) is 0 Å². The maximum Gasteiger partial charge on any atom is 0.312 e. The molecule has 9 heteroatoms. The minimum Gasteiger partial charge on any atom is -0.496 e. The second-order valence-corrected chi connectivity index (χ2v) is 9.14. The lowest BCUT2D eigenvalue weighted by atomic mass is 9.48. The first-order chi connectivity index (χ1) is 14.1. The van der Waals surface area contributed by atoms with E-state index in [1.165, 1.54) is 32.2 Å². The first kappa shape index (κ1) is 20.6. The molecule has 0 aromatic heterocycles. The molecule has 0 spiro atoms. The van der Waals surface area contributed by atoms with E-state index in [4.69, 9.17) is 9.47 Å². The second kappa shape index (κ2) is 7.23. The fraction of sp³-hybridized carbons (Fsp3) is 0.619. The van der Waals surface area contributed by atoms with Gasteiger partial charge < -0.3 is 19.9 Å². The highest BCUT2D eigenvalue weighted by Gasteiger charge is 2.61. The first-order valence-electron chi connectivity index (χ1n) is 10.2. The van der Waals surface area contributed by atoms with Crippen molar-refractivity contribution in [2.24, 2.45) is 17.3 Å². The Morgan fingerprint density at radius 2 is 1.93 bits per heavy atom. The molecule has 162 valence electrons. The molecule has 0 heterocycles. The van der Waals surface area contributed by atoms with Gasteiger partial charge in [-0.15, -0.1) is 0 Å². The van der Waals surface area contributed by atoms with E-state index in [0.717, 1.165) is 19.3 Å². The standard InChI is InChI=1S/C21H26N2O7/c1-12(18(24)22-16-4-3-15(29-2)6-17(16)23(27)28)30-19(25)20-7-13-5-14(8-20)10-21(26,9-13)11-20/h3-4,6,12-14,26H,5,7-11H2,1-2H3,(H,22,24)/t12-,13-,14+,20?,21?/m0/s1. The maximum absolute atomic E-state index is 13.0. The molecule has 1 amide bonds. The quantitative estimate of drug-likeness (QED) is 0.413. The third-order valence-corrected chi connectivity index (χ3v) is 6.78. The van der Waals surface area contributed by atoms with Crippen molar-refractivity contribution >= 4 is 23.3 Å². The summed E-state index contributed by atoms with van der Waals surface area (Å²) < 4.78 is 10.5. The molecule has 0 radical (unpaired) electrons. The van der Waals surface area contributed by atoms with Crippen molar-refractivity contribution < 1.29 is 29.1 Å². The molecule has 4 bridgehead atoms. The van der Waals surface area contributed by atoms with Gasteiger partial charge in [0, 0.05) is 0 Å². The van der Waals surface area contributed by atoms with Gasteiger partial charge in [0.1, 0.15) is 11.4 Å². The van der Waals surface area contributed by atoms with Crippen LogP contribution < -0.4 is 10.1 Å². The number of rotatable bonds is 6. The summed E-state index contributed by atoms with van der Waals surface area (Å²) in [7, 11) is 1.39. The normalized spacial score (nSPS) is 32.4. The molecule has 0 aliphatic heterocycles. The Kier molecular flexibility index (Phi) is 4.96. The van der Waals surface area contributed by atoms with E-state index in [2.05, 4.69) is 5.32 Å². The zero-order valence-corrected chi connectivity index (χ0v) is 17.1. The second-order valence-electron chi connectivity index (χ2n) is 9.14. The van der Waals surface area contributed by atoms with Crippen LogP contribution in [-0.4, -0.2) is 40.7 Å². The highest BCUT2D eigenvalue weighted by Crippen LogP contribution is 2.62. The zero-order valence-electron chi connectivity index (χ0n) is 17.1. The predicted octanol–water partition coefficient (Wildman–Crippen LogP) is 2.80. The van der Waals surface area contributed by atoms with E-state index >= 15 is 0 Å². The van der Waals surface area contributed by atoms with Crippen molar-refractivity contribution in [3.05, 3.63) is 28.3 Å². The number of nitrogens with one attached hydrogen (secondary N) is 1. The van der Waals surface area contributed by atoms with Crippen LogP contribution in [0.3, 0.4) is 0 Å². The molecular weight excluding hydrogens is 392 g/mol. The van der Waals surface area contributed by atoms with Crippen molar-refractivity contribution in [2.45, 2.75) is 57.2 Å². The van der Waals surface area contributed by atoms with Gasteiger partial charge in [-0.25, -0.2) is 0 Å². The summed E-state index contributed by atoms with van der Waals surface area (Å²) in [6.45, 7) is 1.44. The number of carbonyl (C=O) groups is 2. The maximum atomic E-state index is 13.0. The van der Waals surface area contributed by atoms with Gasteiger partial charge in [0.15, 0.2) is 6.10 Å². The zero-order chi connectivity index (χ0) is 21.7. The summed E-state index contributed by atoms with van der Waals surface area (Å²) >= 11 is 0. The fourth-order valence-electron chi connectivity index (χ4n) is 5.92. The van der Waals surface area contributed by atoms with Crippen molar-refractivity contribution in [2.75, 3.05) is 12.4 Å². The highest BCUT2D eigenvalue weighted by molar-refractivity contribution is 5.97. The molecule has 1 aromatic rings.